The van der Waals surface area contributed by atoms with Crippen LogP contribution in [0.3, 0.4) is 0 Å². The van der Waals surface area contributed by atoms with E-state index in [0.29, 0.717) is 35.3 Å². The summed E-state index contributed by atoms with van der Waals surface area (Å²) in [4.78, 5) is 33.9. The highest BCUT2D eigenvalue weighted by Crippen LogP contribution is 2.47. The monoisotopic (exact) mass is 495 g/mol. The Balaban J connectivity index is 2.02. The fourth-order valence-electron chi connectivity index (χ4n) is 4.84. The van der Waals surface area contributed by atoms with Crippen LogP contribution in [0.2, 0.25) is 0 Å². The number of nitrogens with zero attached hydrogens (tertiary/aromatic N) is 3. The van der Waals surface area contributed by atoms with Crippen LogP contribution in [0.1, 0.15) is 44.7 Å². The van der Waals surface area contributed by atoms with E-state index in [-0.39, 0.29) is 12.5 Å². The Morgan fingerprint density at radius 2 is 1.67 bits per heavy atom. The maximum Gasteiger partial charge on any atom is 0.321 e. The molecule has 9 heteroatoms. The summed E-state index contributed by atoms with van der Waals surface area (Å²) in [7, 11) is 4.62. The smallest absolute Gasteiger partial charge is 0.321 e. The molecule has 0 aliphatic carbocycles. The number of unbranched alkanes of at least 4 members (excludes halogenated alkanes) is 2. The molecular formula is C27H33N3O6. The number of imidazole rings is 1. The van der Waals surface area contributed by atoms with Crippen molar-refractivity contribution in [2.75, 3.05) is 39.4 Å². The van der Waals surface area contributed by atoms with Gasteiger partial charge in [-0.05, 0) is 31.5 Å². The van der Waals surface area contributed by atoms with Gasteiger partial charge in [-0.1, -0.05) is 31.9 Å². The zero-order chi connectivity index (χ0) is 25.8. The standard InChI is InChI=1S/C27H33N3O6/c1-6-8-11-14-29-25(31)23(26(32)36-7-2)24(30-19-13-10-9-12-18(19)28-27(29)30)17-15-21(34-4)22(35-5)16-20(17)33-3/h9-10,12-13,15-16,23-24H,6-8,11,14H2,1-5H3/t23-,24+/m0/s1. The molecule has 0 unspecified atom stereocenters. The minimum Gasteiger partial charge on any atom is -0.496 e. The normalized spacial score (nSPS) is 17.1. The Kier molecular flexibility index (Phi) is 7.67. The highest BCUT2D eigenvalue weighted by atomic mass is 16.5. The number of hydrogen-bond donors (Lipinski definition) is 0. The largest absolute Gasteiger partial charge is 0.496 e. The van der Waals surface area contributed by atoms with Gasteiger partial charge in [0, 0.05) is 18.2 Å². The van der Waals surface area contributed by atoms with Crippen molar-refractivity contribution in [3.8, 4) is 17.2 Å². The van der Waals surface area contributed by atoms with Gasteiger partial charge < -0.3 is 23.5 Å². The average molecular weight is 496 g/mol. The zero-order valence-electron chi connectivity index (χ0n) is 21.4. The molecule has 1 amide bonds. The number of aromatic nitrogens is 2. The van der Waals surface area contributed by atoms with E-state index in [4.69, 9.17) is 23.9 Å². The van der Waals surface area contributed by atoms with Crippen molar-refractivity contribution < 1.29 is 28.5 Å². The molecule has 9 nitrogen and oxygen atoms in total. The van der Waals surface area contributed by atoms with Gasteiger partial charge >= 0.3 is 5.97 Å². The van der Waals surface area contributed by atoms with Gasteiger partial charge in [0.15, 0.2) is 17.4 Å². The molecule has 36 heavy (non-hydrogen) atoms. The van der Waals surface area contributed by atoms with Crippen LogP contribution >= 0.6 is 0 Å². The Bertz CT molecular complexity index is 1250. The predicted octanol–water partition coefficient (Wildman–Crippen LogP) is 4.37. The topological polar surface area (TPSA) is 92.1 Å². The van der Waals surface area contributed by atoms with Crippen molar-refractivity contribution in [2.24, 2.45) is 5.92 Å². The maximum absolute atomic E-state index is 14.0. The predicted molar refractivity (Wildman–Crippen MR) is 136 cm³/mol. The summed E-state index contributed by atoms with van der Waals surface area (Å²) in [5.74, 6) is -0.168. The Morgan fingerprint density at radius 1 is 0.972 bits per heavy atom. The van der Waals surface area contributed by atoms with E-state index in [1.54, 1.807) is 31.1 Å². The first-order chi connectivity index (χ1) is 17.5. The van der Waals surface area contributed by atoms with Gasteiger partial charge in [0.1, 0.15) is 5.75 Å². The van der Waals surface area contributed by atoms with Crippen LogP contribution in [0.15, 0.2) is 36.4 Å². The zero-order valence-corrected chi connectivity index (χ0v) is 21.4. The summed E-state index contributed by atoms with van der Waals surface area (Å²) in [6, 6.07) is 10.3. The molecule has 0 saturated heterocycles. The summed E-state index contributed by atoms with van der Waals surface area (Å²) in [5, 5.41) is 0. The lowest BCUT2D eigenvalue weighted by molar-refractivity contribution is -0.153. The molecule has 2 heterocycles. The van der Waals surface area contributed by atoms with Gasteiger partial charge in [-0.2, -0.15) is 0 Å². The van der Waals surface area contributed by atoms with E-state index < -0.39 is 17.9 Å². The molecule has 4 rings (SSSR count). The second kappa shape index (κ2) is 10.9. The number of anilines is 1. The van der Waals surface area contributed by atoms with Crippen LogP contribution in [0, 0.1) is 5.92 Å². The highest BCUT2D eigenvalue weighted by molar-refractivity contribution is 6.08. The molecule has 0 bridgehead atoms. The lowest BCUT2D eigenvalue weighted by Crippen LogP contribution is -2.50. The number of methoxy groups -OCH3 is 3. The third-order valence-electron chi connectivity index (χ3n) is 6.52. The molecule has 1 aliphatic heterocycles. The molecule has 0 spiro atoms. The Morgan fingerprint density at radius 3 is 2.33 bits per heavy atom. The molecule has 1 aromatic heterocycles. The minimum atomic E-state index is -1.14. The SMILES string of the molecule is CCCCCN1C(=O)[C@@H](C(=O)OCC)[C@@H](c2cc(OC)c(OC)cc2OC)n2c1nc1ccccc12. The van der Waals surface area contributed by atoms with E-state index in [2.05, 4.69) is 6.92 Å². The number of amides is 1. The summed E-state index contributed by atoms with van der Waals surface area (Å²) < 4.78 is 24.1. The third kappa shape index (κ3) is 4.34. The summed E-state index contributed by atoms with van der Waals surface area (Å²) in [5.41, 5.74) is 2.13. The lowest BCUT2D eigenvalue weighted by atomic mass is 9.88. The summed E-state index contributed by atoms with van der Waals surface area (Å²) >= 11 is 0. The van der Waals surface area contributed by atoms with Crippen molar-refractivity contribution in [3.05, 3.63) is 42.0 Å². The first-order valence-corrected chi connectivity index (χ1v) is 12.2. The maximum atomic E-state index is 14.0. The van der Waals surface area contributed by atoms with Gasteiger partial charge in [0.2, 0.25) is 11.9 Å². The molecule has 3 aromatic rings. The molecule has 0 fully saturated rings. The molecular weight excluding hydrogens is 462 g/mol. The molecule has 2 atom stereocenters. The molecule has 0 saturated carbocycles. The van der Waals surface area contributed by atoms with Crippen LogP contribution in [0.25, 0.3) is 11.0 Å². The van der Waals surface area contributed by atoms with E-state index in [1.807, 2.05) is 28.8 Å². The lowest BCUT2D eigenvalue weighted by Gasteiger charge is -2.38. The number of benzene rings is 2. The average Bonchev–Trinajstić information content (AvgIpc) is 3.28. The van der Waals surface area contributed by atoms with Crippen LogP contribution in [-0.4, -0.2) is 55.9 Å². The third-order valence-corrected chi connectivity index (χ3v) is 6.52. The van der Waals surface area contributed by atoms with Crippen LogP contribution in [-0.2, 0) is 14.3 Å². The number of para-hydroxylation sites is 2. The Hall–Kier alpha value is -3.75. The van der Waals surface area contributed by atoms with Crippen molar-refractivity contribution in [1.82, 2.24) is 9.55 Å². The van der Waals surface area contributed by atoms with E-state index in [9.17, 15) is 9.59 Å². The molecule has 1 aliphatic rings. The first kappa shape index (κ1) is 25.3. The number of hydrogen-bond acceptors (Lipinski definition) is 7. The molecule has 0 radical (unpaired) electrons. The van der Waals surface area contributed by atoms with Crippen LogP contribution < -0.4 is 19.1 Å². The van der Waals surface area contributed by atoms with E-state index in [1.165, 1.54) is 14.2 Å². The summed E-state index contributed by atoms with van der Waals surface area (Å²) in [6.07, 6.45) is 2.76. The van der Waals surface area contributed by atoms with Gasteiger partial charge in [0.25, 0.3) is 0 Å². The molecule has 0 N–H and O–H groups in total. The number of ether oxygens (including phenoxy) is 4. The quantitative estimate of drug-likeness (QED) is 0.234. The number of carbonyl (C=O) groups excluding carboxylic acids is 2. The highest BCUT2D eigenvalue weighted by Gasteiger charge is 2.48. The number of fused-ring (bicyclic) bond motifs is 3. The van der Waals surface area contributed by atoms with Crippen LogP contribution in [0.5, 0.6) is 17.2 Å². The number of rotatable bonds is 10. The van der Waals surface area contributed by atoms with Crippen molar-refractivity contribution in [1.29, 1.82) is 0 Å². The number of carbonyl (C=O) groups is 2. The van der Waals surface area contributed by atoms with Gasteiger partial charge in [-0.3, -0.25) is 14.5 Å². The second-order valence-electron chi connectivity index (χ2n) is 8.59. The first-order valence-electron chi connectivity index (χ1n) is 12.2. The van der Waals surface area contributed by atoms with E-state index in [0.717, 1.165) is 30.3 Å². The fraction of sp³-hybridized carbons (Fsp3) is 0.444. The van der Waals surface area contributed by atoms with Gasteiger partial charge in [-0.15, -0.1) is 0 Å². The van der Waals surface area contributed by atoms with Crippen LogP contribution in [0.4, 0.5) is 5.95 Å². The van der Waals surface area contributed by atoms with Gasteiger partial charge in [0.05, 0.1) is 45.0 Å². The van der Waals surface area contributed by atoms with E-state index >= 15 is 0 Å². The fourth-order valence-corrected chi connectivity index (χ4v) is 4.84. The van der Waals surface area contributed by atoms with Crippen molar-refractivity contribution in [2.45, 2.75) is 39.2 Å². The second-order valence-corrected chi connectivity index (χ2v) is 8.59. The van der Waals surface area contributed by atoms with Gasteiger partial charge in [-0.25, -0.2) is 4.98 Å². The number of esters is 1. The van der Waals surface area contributed by atoms with Crippen molar-refractivity contribution >= 4 is 28.9 Å². The minimum absolute atomic E-state index is 0.159. The molecule has 2 aromatic carbocycles. The summed E-state index contributed by atoms with van der Waals surface area (Å²) in [6.45, 7) is 4.45. The Labute approximate surface area is 210 Å². The molecule has 192 valence electrons. The van der Waals surface area contributed by atoms with Crippen molar-refractivity contribution in [3.63, 3.8) is 0 Å².